The van der Waals surface area contributed by atoms with Crippen molar-refractivity contribution < 1.29 is 12.8 Å². The molecule has 1 atom stereocenters. The van der Waals surface area contributed by atoms with Crippen LogP contribution in [0.1, 0.15) is 30.5 Å². The molecule has 114 valence electrons. The normalized spacial score (nSPS) is 13.2. The highest BCUT2D eigenvalue weighted by Crippen LogP contribution is 2.21. The van der Waals surface area contributed by atoms with E-state index in [1.54, 1.807) is 24.7 Å². The first kappa shape index (κ1) is 15.8. The molecular weight excluding hydrogens is 286 g/mol. The van der Waals surface area contributed by atoms with E-state index in [4.69, 9.17) is 4.42 Å². The fourth-order valence-electron chi connectivity index (χ4n) is 2.22. The van der Waals surface area contributed by atoms with Gasteiger partial charge in [0, 0.05) is 12.3 Å². The van der Waals surface area contributed by atoms with Gasteiger partial charge in [0.25, 0.3) is 0 Å². The summed E-state index contributed by atoms with van der Waals surface area (Å²) in [4.78, 5) is 0.351. The maximum atomic E-state index is 11.5. The SMILES string of the molecule is CCCNC(Cc1ccoc1)c1ccc(S(C)(=O)=O)cc1. The highest BCUT2D eigenvalue weighted by Gasteiger charge is 2.14. The predicted octanol–water partition coefficient (Wildman–Crippen LogP) is 2.97. The van der Waals surface area contributed by atoms with Crippen molar-refractivity contribution in [2.24, 2.45) is 0 Å². The second-order valence-electron chi connectivity index (χ2n) is 5.18. The predicted molar refractivity (Wildman–Crippen MR) is 83.0 cm³/mol. The Morgan fingerprint density at radius 2 is 1.90 bits per heavy atom. The molecule has 1 heterocycles. The van der Waals surface area contributed by atoms with E-state index in [1.807, 2.05) is 18.2 Å². The minimum absolute atomic E-state index is 0.149. The Morgan fingerprint density at radius 3 is 2.43 bits per heavy atom. The number of furan rings is 1. The number of benzene rings is 1. The van der Waals surface area contributed by atoms with Crippen LogP contribution in [0.2, 0.25) is 0 Å². The third kappa shape index (κ3) is 4.44. The van der Waals surface area contributed by atoms with E-state index in [0.717, 1.165) is 30.5 Å². The van der Waals surface area contributed by atoms with Crippen molar-refractivity contribution in [3.05, 3.63) is 54.0 Å². The van der Waals surface area contributed by atoms with E-state index in [-0.39, 0.29) is 6.04 Å². The summed E-state index contributed by atoms with van der Waals surface area (Å²) in [5.74, 6) is 0. The van der Waals surface area contributed by atoms with Gasteiger partial charge in [-0.1, -0.05) is 19.1 Å². The van der Waals surface area contributed by atoms with Crippen molar-refractivity contribution in [3.8, 4) is 0 Å². The zero-order valence-corrected chi connectivity index (χ0v) is 13.2. The van der Waals surface area contributed by atoms with E-state index in [0.29, 0.717) is 4.90 Å². The van der Waals surface area contributed by atoms with Gasteiger partial charge < -0.3 is 9.73 Å². The third-order valence-corrected chi connectivity index (χ3v) is 4.50. The lowest BCUT2D eigenvalue weighted by atomic mass is 10.0. The smallest absolute Gasteiger partial charge is 0.175 e. The summed E-state index contributed by atoms with van der Waals surface area (Å²) in [6.07, 6.45) is 6.49. The largest absolute Gasteiger partial charge is 0.472 e. The van der Waals surface area contributed by atoms with E-state index in [2.05, 4.69) is 12.2 Å². The minimum atomic E-state index is -3.15. The van der Waals surface area contributed by atoms with Crippen molar-refractivity contribution in [1.29, 1.82) is 0 Å². The van der Waals surface area contributed by atoms with Crippen LogP contribution in [-0.4, -0.2) is 21.2 Å². The zero-order valence-electron chi connectivity index (χ0n) is 12.4. The Morgan fingerprint density at radius 1 is 1.19 bits per heavy atom. The van der Waals surface area contributed by atoms with Crippen molar-refractivity contribution >= 4 is 9.84 Å². The molecule has 21 heavy (non-hydrogen) atoms. The summed E-state index contributed by atoms with van der Waals surface area (Å²) in [7, 11) is -3.15. The van der Waals surface area contributed by atoms with Crippen LogP contribution < -0.4 is 5.32 Å². The molecule has 0 saturated carbocycles. The second-order valence-corrected chi connectivity index (χ2v) is 7.20. The highest BCUT2D eigenvalue weighted by molar-refractivity contribution is 7.90. The van der Waals surface area contributed by atoms with Crippen LogP contribution in [0.5, 0.6) is 0 Å². The average Bonchev–Trinajstić information content (AvgIpc) is 2.95. The van der Waals surface area contributed by atoms with Gasteiger partial charge in [-0.15, -0.1) is 0 Å². The van der Waals surface area contributed by atoms with E-state index in [9.17, 15) is 8.42 Å². The monoisotopic (exact) mass is 307 g/mol. The van der Waals surface area contributed by atoms with Crippen molar-refractivity contribution in [3.63, 3.8) is 0 Å². The third-order valence-electron chi connectivity index (χ3n) is 3.37. The molecule has 5 heteroatoms. The molecule has 0 fully saturated rings. The molecule has 0 aliphatic heterocycles. The molecule has 2 rings (SSSR count). The lowest BCUT2D eigenvalue weighted by Gasteiger charge is -2.18. The van der Waals surface area contributed by atoms with Gasteiger partial charge in [-0.25, -0.2) is 8.42 Å². The van der Waals surface area contributed by atoms with Crippen LogP contribution in [0.4, 0.5) is 0 Å². The van der Waals surface area contributed by atoms with Gasteiger partial charge in [0.05, 0.1) is 17.4 Å². The summed E-state index contributed by atoms with van der Waals surface area (Å²) in [6, 6.07) is 9.19. The molecule has 1 N–H and O–H groups in total. The maximum absolute atomic E-state index is 11.5. The lowest BCUT2D eigenvalue weighted by Crippen LogP contribution is -2.24. The van der Waals surface area contributed by atoms with Crippen LogP contribution in [0.3, 0.4) is 0 Å². The van der Waals surface area contributed by atoms with Crippen LogP contribution in [-0.2, 0) is 16.3 Å². The summed E-state index contributed by atoms with van der Waals surface area (Å²) in [5.41, 5.74) is 2.20. The number of nitrogens with one attached hydrogen (secondary N) is 1. The van der Waals surface area contributed by atoms with Gasteiger partial charge in [0.15, 0.2) is 9.84 Å². The van der Waals surface area contributed by atoms with Crippen LogP contribution in [0, 0.1) is 0 Å². The van der Waals surface area contributed by atoms with Gasteiger partial charge in [0.2, 0.25) is 0 Å². The molecular formula is C16H21NO3S. The van der Waals surface area contributed by atoms with E-state index in [1.165, 1.54) is 6.26 Å². The first-order chi connectivity index (χ1) is 10.0. The van der Waals surface area contributed by atoms with Crippen LogP contribution >= 0.6 is 0 Å². The van der Waals surface area contributed by atoms with Gasteiger partial charge in [-0.05, 0) is 48.7 Å². The molecule has 0 aliphatic rings. The zero-order chi connectivity index (χ0) is 15.3. The first-order valence-electron chi connectivity index (χ1n) is 7.05. The van der Waals surface area contributed by atoms with Crippen LogP contribution in [0.15, 0.2) is 52.2 Å². The van der Waals surface area contributed by atoms with Crippen molar-refractivity contribution in [1.82, 2.24) is 5.32 Å². The number of hydrogen-bond acceptors (Lipinski definition) is 4. The Kier molecular flexibility index (Phi) is 5.20. The Labute approximate surface area is 126 Å². The Balaban J connectivity index is 2.19. The second kappa shape index (κ2) is 6.91. The molecule has 0 aliphatic carbocycles. The topological polar surface area (TPSA) is 59.3 Å². The summed E-state index contributed by atoms with van der Waals surface area (Å²) >= 11 is 0. The molecule has 1 aromatic heterocycles. The van der Waals surface area contributed by atoms with Gasteiger partial charge in [-0.3, -0.25) is 0 Å². The molecule has 0 spiro atoms. The molecule has 0 bridgehead atoms. The van der Waals surface area contributed by atoms with E-state index < -0.39 is 9.84 Å². The molecule has 2 aromatic rings. The molecule has 0 saturated heterocycles. The minimum Gasteiger partial charge on any atom is -0.472 e. The Bertz CT molecular complexity index is 645. The summed E-state index contributed by atoms with van der Waals surface area (Å²) < 4.78 is 28.1. The quantitative estimate of drug-likeness (QED) is 0.854. The maximum Gasteiger partial charge on any atom is 0.175 e. The summed E-state index contributed by atoms with van der Waals surface area (Å²) in [5, 5.41) is 3.49. The standard InChI is InChI=1S/C16H21NO3S/c1-3-9-17-16(11-13-8-10-20-12-13)14-4-6-15(7-5-14)21(2,18)19/h4-8,10,12,16-17H,3,9,11H2,1-2H3. The first-order valence-corrected chi connectivity index (χ1v) is 8.94. The number of hydrogen-bond donors (Lipinski definition) is 1. The highest BCUT2D eigenvalue weighted by atomic mass is 32.2. The lowest BCUT2D eigenvalue weighted by molar-refractivity contribution is 0.520. The van der Waals surface area contributed by atoms with E-state index >= 15 is 0 Å². The summed E-state index contributed by atoms with van der Waals surface area (Å²) in [6.45, 7) is 3.03. The average molecular weight is 307 g/mol. The molecule has 4 nitrogen and oxygen atoms in total. The van der Waals surface area contributed by atoms with Crippen molar-refractivity contribution in [2.75, 3.05) is 12.8 Å². The van der Waals surface area contributed by atoms with Gasteiger partial charge in [-0.2, -0.15) is 0 Å². The number of sulfone groups is 1. The van der Waals surface area contributed by atoms with Gasteiger partial charge in [0.1, 0.15) is 0 Å². The van der Waals surface area contributed by atoms with Crippen molar-refractivity contribution in [2.45, 2.75) is 30.7 Å². The van der Waals surface area contributed by atoms with Crippen LogP contribution in [0.25, 0.3) is 0 Å². The molecule has 0 amide bonds. The fourth-order valence-corrected chi connectivity index (χ4v) is 2.85. The molecule has 0 radical (unpaired) electrons. The molecule has 1 unspecified atom stereocenters. The fraction of sp³-hybridized carbons (Fsp3) is 0.375. The molecule has 1 aromatic carbocycles. The Hall–Kier alpha value is -1.59. The number of rotatable bonds is 7. The van der Waals surface area contributed by atoms with Gasteiger partial charge >= 0.3 is 0 Å².